The van der Waals surface area contributed by atoms with Gasteiger partial charge in [-0.2, -0.15) is 0 Å². The number of fused-ring (bicyclic) bond motifs is 10. The molecule has 12 rings (SSSR count). The van der Waals surface area contributed by atoms with E-state index >= 15 is 0 Å². The van der Waals surface area contributed by atoms with Crippen LogP contribution in [0.3, 0.4) is 0 Å². The van der Waals surface area contributed by atoms with E-state index in [9.17, 15) is 0 Å². The van der Waals surface area contributed by atoms with E-state index in [1.807, 2.05) is 24.3 Å². The smallest absolute Gasteiger partial charge is 0.235 e. The maximum absolute atomic E-state index is 6.48. The molecule has 5 nitrogen and oxygen atoms in total. The summed E-state index contributed by atoms with van der Waals surface area (Å²) in [4.78, 5) is 10.6. The summed E-state index contributed by atoms with van der Waals surface area (Å²) in [5, 5.41) is 6.97. The minimum atomic E-state index is 0.636. The maximum atomic E-state index is 6.48. The summed E-state index contributed by atoms with van der Waals surface area (Å²) in [6, 6.07) is 68.2. The molecule has 0 atom stereocenters. The molecule has 57 heavy (non-hydrogen) atoms. The Hall–Kier alpha value is -7.76. The predicted octanol–water partition coefficient (Wildman–Crippen LogP) is 13.6. The molecule has 0 aliphatic heterocycles. The van der Waals surface area contributed by atoms with Gasteiger partial charge in [0.05, 0.1) is 33.5 Å². The van der Waals surface area contributed by atoms with Gasteiger partial charge in [-0.1, -0.05) is 146 Å². The number of furan rings is 1. The summed E-state index contributed by atoms with van der Waals surface area (Å²) < 4.78 is 11.1. The fraction of sp³-hybridized carbons (Fsp3) is 0. The first-order valence-corrected chi connectivity index (χ1v) is 19.3. The molecule has 0 unspecified atom stereocenters. The number of hydrogen-bond donors (Lipinski definition) is 0. The van der Waals surface area contributed by atoms with Gasteiger partial charge in [-0.05, 0) is 54.1 Å². The lowest BCUT2D eigenvalue weighted by Gasteiger charge is -2.12. The largest absolute Gasteiger partial charge is 0.455 e. The zero-order chi connectivity index (χ0) is 37.5. The average molecular weight is 729 g/mol. The molecule has 4 heterocycles. The molecular weight excluding hydrogens is 697 g/mol. The van der Waals surface area contributed by atoms with Gasteiger partial charge in [0.25, 0.3) is 0 Å². The highest BCUT2D eigenvalue weighted by Crippen LogP contribution is 2.43. The Labute approximate surface area is 327 Å². The first-order valence-electron chi connectivity index (χ1n) is 19.3. The highest BCUT2D eigenvalue weighted by Gasteiger charge is 2.22. The van der Waals surface area contributed by atoms with Crippen molar-refractivity contribution in [3.05, 3.63) is 194 Å². The SMILES string of the molecule is c1ccc(-c2cc(-c3ccccc3)nc(-n3c4ccccc4c4c5c6ccccc6n(-c6cccc(-c7cccc8c7oc7ccccc78)c6)c5ccc43)n2)cc1. The fourth-order valence-electron chi connectivity index (χ4n) is 8.85. The third-order valence-corrected chi connectivity index (χ3v) is 11.3. The van der Waals surface area contributed by atoms with E-state index in [2.05, 4.69) is 179 Å². The van der Waals surface area contributed by atoms with Crippen LogP contribution in [0.5, 0.6) is 0 Å². The van der Waals surface area contributed by atoms with E-state index in [0.29, 0.717) is 5.95 Å². The normalized spacial score (nSPS) is 11.9. The minimum Gasteiger partial charge on any atom is -0.455 e. The molecule has 0 saturated heterocycles. The van der Waals surface area contributed by atoms with Gasteiger partial charge in [-0.25, -0.2) is 9.97 Å². The van der Waals surface area contributed by atoms with Crippen molar-refractivity contribution < 1.29 is 4.42 Å². The van der Waals surface area contributed by atoms with Crippen LogP contribution < -0.4 is 0 Å². The molecule has 8 aromatic carbocycles. The van der Waals surface area contributed by atoms with E-state index in [1.165, 1.54) is 16.2 Å². The molecule has 12 aromatic rings. The summed E-state index contributed by atoms with van der Waals surface area (Å²) in [7, 11) is 0. The number of rotatable bonds is 5. The van der Waals surface area contributed by atoms with Gasteiger partial charge in [0.15, 0.2) is 0 Å². The average Bonchev–Trinajstić information content (AvgIpc) is 3.95. The Kier molecular flexibility index (Phi) is 6.86. The van der Waals surface area contributed by atoms with Crippen molar-refractivity contribution in [1.82, 2.24) is 19.1 Å². The first kappa shape index (κ1) is 31.6. The summed E-state index contributed by atoms with van der Waals surface area (Å²) >= 11 is 0. The molecule has 0 bridgehead atoms. The van der Waals surface area contributed by atoms with Crippen LogP contribution in [-0.4, -0.2) is 19.1 Å². The van der Waals surface area contributed by atoms with Gasteiger partial charge in [-0.15, -0.1) is 0 Å². The number of aromatic nitrogens is 4. The summed E-state index contributed by atoms with van der Waals surface area (Å²) in [5.74, 6) is 0.636. The Morgan fingerprint density at radius 1 is 0.368 bits per heavy atom. The van der Waals surface area contributed by atoms with Crippen molar-refractivity contribution in [1.29, 1.82) is 0 Å². The zero-order valence-electron chi connectivity index (χ0n) is 30.7. The Balaban J connectivity index is 1.11. The van der Waals surface area contributed by atoms with Crippen molar-refractivity contribution in [3.8, 4) is 45.3 Å². The number of benzene rings is 8. The number of nitrogens with zero attached hydrogens (tertiary/aromatic N) is 4. The lowest BCUT2D eigenvalue weighted by Crippen LogP contribution is -2.04. The van der Waals surface area contributed by atoms with Crippen LogP contribution in [0.2, 0.25) is 0 Å². The lowest BCUT2D eigenvalue weighted by molar-refractivity contribution is 0.670. The van der Waals surface area contributed by atoms with Crippen LogP contribution in [-0.2, 0) is 0 Å². The molecular formula is C52H32N4O. The van der Waals surface area contributed by atoms with Gasteiger partial charge in [0, 0.05) is 54.7 Å². The van der Waals surface area contributed by atoms with Gasteiger partial charge in [0.1, 0.15) is 11.2 Å². The first-order chi connectivity index (χ1) is 28.3. The quantitative estimate of drug-likeness (QED) is 0.177. The summed E-state index contributed by atoms with van der Waals surface area (Å²) in [6.45, 7) is 0. The monoisotopic (exact) mass is 728 g/mol. The third kappa shape index (κ3) is 4.82. The molecule has 5 heteroatoms. The van der Waals surface area contributed by atoms with Gasteiger partial charge < -0.3 is 8.98 Å². The molecule has 0 aliphatic carbocycles. The molecule has 0 fully saturated rings. The molecule has 0 saturated carbocycles. The van der Waals surface area contributed by atoms with E-state index in [-0.39, 0.29) is 0 Å². The topological polar surface area (TPSA) is 48.8 Å². The Bertz CT molecular complexity index is 3460. The Morgan fingerprint density at radius 2 is 0.895 bits per heavy atom. The van der Waals surface area contributed by atoms with Gasteiger partial charge in [0.2, 0.25) is 5.95 Å². The van der Waals surface area contributed by atoms with Crippen LogP contribution in [0, 0.1) is 0 Å². The lowest BCUT2D eigenvalue weighted by atomic mass is 10.0. The minimum absolute atomic E-state index is 0.636. The van der Waals surface area contributed by atoms with Crippen molar-refractivity contribution in [2.45, 2.75) is 0 Å². The molecule has 0 aliphatic rings. The third-order valence-electron chi connectivity index (χ3n) is 11.3. The molecule has 266 valence electrons. The molecule has 0 N–H and O–H groups in total. The Morgan fingerprint density at radius 3 is 1.58 bits per heavy atom. The second-order valence-corrected chi connectivity index (χ2v) is 14.6. The standard InChI is InChI=1S/C52H32N4O/c1-3-15-33(16-4-1)42-32-43(34-17-5-2-6-18-34)54-52(53-42)56-45-27-11-8-23-41(45)50-47(56)30-29-46-49(50)40-22-7-10-26-44(40)55(46)36-20-13-19-35(31-36)37-24-14-25-39-38-21-9-12-28-48(38)57-51(37)39/h1-32H. The van der Waals surface area contributed by atoms with Crippen molar-refractivity contribution >= 4 is 65.6 Å². The van der Waals surface area contributed by atoms with Crippen LogP contribution in [0.4, 0.5) is 0 Å². The van der Waals surface area contributed by atoms with Gasteiger partial charge in [-0.3, -0.25) is 4.57 Å². The predicted molar refractivity (Wildman–Crippen MR) is 234 cm³/mol. The molecule has 0 radical (unpaired) electrons. The van der Waals surface area contributed by atoms with Crippen LogP contribution in [0.1, 0.15) is 0 Å². The summed E-state index contributed by atoms with van der Waals surface area (Å²) in [5.41, 5.74) is 13.3. The van der Waals surface area contributed by atoms with Crippen molar-refractivity contribution in [3.63, 3.8) is 0 Å². The summed E-state index contributed by atoms with van der Waals surface area (Å²) in [6.07, 6.45) is 0. The zero-order valence-corrected chi connectivity index (χ0v) is 30.7. The van der Waals surface area contributed by atoms with Crippen LogP contribution in [0.25, 0.3) is 111 Å². The second-order valence-electron chi connectivity index (χ2n) is 14.6. The van der Waals surface area contributed by atoms with Crippen molar-refractivity contribution in [2.24, 2.45) is 0 Å². The van der Waals surface area contributed by atoms with E-state index in [4.69, 9.17) is 14.4 Å². The highest BCUT2D eigenvalue weighted by molar-refractivity contribution is 6.28. The molecule has 0 spiro atoms. The maximum Gasteiger partial charge on any atom is 0.235 e. The molecule has 0 amide bonds. The van der Waals surface area contributed by atoms with Gasteiger partial charge >= 0.3 is 0 Å². The van der Waals surface area contributed by atoms with Crippen LogP contribution >= 0.6 is 0 Å². The van der Waals surface area contributed by atoms with Crippen LogP contribution in [0.15, 0.2) is 199 Å². The van der Waals surface area contributed by atoms with E-state index in [0.717, 1.165) is 88.7 Å². The highest BCUT2D eigenvalue weighted by atomic mass is 16.3. The second kappa shape index (κ2) is 12.4. The van der Waals surface area contributed by atoms with Crippen molar-refractivity contribution in [2.75, 3.05) is 0 Å². The van der Waals surface area contributed by atoms with E-state index < -0.39 is 0 Å². The number of para-hydroxylation sites is 4. The molecule has 4 aromatic heterocycles. The fourth-order valence-corrected chi connectivity index (χ4v) is 8.85. The number of hydrogen-bond acceptors (Lipinski definition) is 3. The van der Waals surface area contributed by atoms with E-state index in [1.54, 1.807) is 0 Å².